The first-order chi connectivity index (χ1) is 9.27. The molecule has 0 aliphatic heterocycles. The molecule has 0 aromatic rings. The van der Waals surface area contributed by atoms with Crippen LogP contribution in [0.25, 0.3) is 0 Å². The summed E-state index contributed by atoms with van der Waals surface area (Å²) in [7, 11) is 0. The summed E-state index contributed by atoms with van der Waals surface area (Å²) in [5.41, 5.74) is 0. The minimum absolute atomic E-state index is 0.866. The first-order valence-electron chi connectivity index (χ1n) is 8.15. The van der Waals surface area contributed by atoms with E-state index in [1.165, 1.54) is 70.6 Å². The van der Waals surface area contributed by atoms with Crippen LogP contribution in [0.4, 0.5) is 0 Å². The highest BCUT2D eigenvalue weighted by Crippen LogP contribution is 2.12. The van der Waals surface area contributed by atoms with E-state index in [9.17, 15) is 9.90 Å². The molecule has 2 heteroatoms. The number of carboxylic acid groups (broad SMARTS) is 1. The van der Waals surface area contributed by atoms with Crippen molar-refractivity contribution in [3.05, 3.63) is 12.2 Å². The topological polar surface area (TPSA) is 40.1 Å². The quantitative estimate of drug-likeness (QED) is 0.346. The van der Waals surface area contributed by atoms with Gasteiger partial charge in [-0.2, -0.15) is 0 Å². The van der Waals surface area contributed by atoms with Crippen molar-refractivity contribution < 1.29 is 9.90 Å². The Labute approximate surface area is 119 Å². The fourth-order valence-electron chi connectivity index (χ4n) is 2.28. The number of carboxylic acids is 1. The maximum Gasteiger partial charge on any atom is 0.0639 e. The van der Waals surface area contributed by atoms with Gasteiger partial charge < -0.3 is 9.90 Å². The molecule has 0 bridgehead atoms. The van der Waals surface area contributed by atoms with E-state index in [4.69, 9.17) is 0 Å². The second kappa shape index (κ2) is 15.3. The van der Waals surface area contributed by atoms with Crippen LogP contribution in [0.2, 0.25) is 0 Å². The predicted molar refractivity (Wildman–Crippen MR) is 79.8 cm³/mol. The highest BCUT2D eigenvalue weighted by molar-refractivity contribution is 5.77. The third-order valence-corrected chi connectivity index (χ3v) is 3.48. The maximum absolute atomic E-state index is 10.1. The first-order valence-corrected chi connectivity index (χ1v) is 8.15. The number of rotatable bonds is 14. The van der Waals surface area contributed by atoms with Crippen molar-refractivity contribution >= 4 is 5.97 Å². The van der Waals surface area contributed by atoms with Gasteiger partial charge in [-0.15, -0.1) is 0 Å². The average Bonchev–Trinajstić information content (AvgIpc) is 2.39. The molecule has 2 nitrogen and oxygen atoms in total. The van der Waals surface area contributed by atoms with Gasteiger partial charge >= 0.3 is 0 Å². The smallest absolute Gasteiger partial charge is 0.0639 e. The highest BCUT2D eigenvalue weighted by Gasteiger charge is 1.92. The number of carbonyl (C=O) groups excluding carboxylic acids is 1. The lowest BCUT2D eigenvalue weighted by Crippen LogP contribution is -2.18. The SMILES string of the molecule is CCCCCCCCCCCCCC/C=C/C(=O)[O-]. The Hall–Kier alpha value is -0.790. The van der Waals surface area contributed by atoms with Gasteiger partial charge in [0.05, 0.1) is 5.97 Å². The largest absolute Gasteiger partial charge is 0.545 e. The van der Waals surface area contributed by atoms with Crippen LogP contribution >= 0.6 is 0 Å². The Bertz CT molecular complexity index is 221. The summed E-state index contributed by atoms with van der Waals surface area (Å²) in [4.78, 5) is 10.1. The normalized spacial score (nSPS) is 11.2. The van der Waals surface area contributed by atoms with Crippen LogP contribution in [0, 0.1) is 0 Å². The maximum atomic E-state index is 10.1. The summed E-state index contributed by atoms with van der Waals surface area (Å²) >= 11 is 0. The lowest BCUT2D eigenvalue weighted by atomic mass is 10.0. The third kappa shape index (κ3) is 17.2. The molecule has 19 heavy (non-hydrogen) atoms. The van der Waals surface area contributed by atoms with Gasteiger partial charge in [0.25, 0.3) is 0 Å². The van der Waals surface area contributed by atoms with E-state index in [1.807, 2.05) is 0 Å². The Balaban J connectivity index is 3.01. The van der Waals surface area contributed by atoms with Gasteiger partial charge in [0.2, 0.25) is 0 Å². The molecule has 0 aromatic heterocycles. The molecule has 0 fully saturated rings. The van der Waals surface area contributed by atoms with E-state index < -0.39 is 5.97 Å². The molecule has 0 aliphatic rings. The number of unbranched alkanes of at least 4 members (excludes halogenated alkanes) is 12. The van der Waals surface area contributed by atoms with E-state index in [-0.39, 0.29) is 0 Å². The Morgan fingerprint density at radius 2 is 1.21 bits per heavy atom. The highest BCUT2D eigenvalue weighted by atomic mass is 16.4. The summed E-state index contributed by atoms with van der Waals surface area (Å²) in [5.74, 6) is -1.08. The Morgan fingerprint density at radius 1 is 0.789 bits per heavy atom. The number of hydrogen-bond acceptors (Lipinski definition) is 2. The van der Waals surface area contributed by atoms with E-state index >= 15 is 0 Å². The van der Waals surface area contributed by atoms with E-state index in [0.29, 0.717) is 0 Å². The fourth-order valence-corrected chi connectivity index (χ4v) is 2.28. The molecular formula is C17H31O2-. The van der Waals surface area contributed by atoms with E-state index in [0.717, 1.165) is 18.9 Å². The summed E-state index contributed by atoms with van der Waals surface area (Å²) in [6.07, 6.45) is 19.8. The van der Waals surface area contributed by atoms with Crippen LogP contribution in [0.3, 0.4) is 0 Å². The van der Waals surface area contributed by atoms with Crippen molar-refractivity contribution in [1.82, 2.24) is 0 Å². The second-order valence-electron chi connectivity index (χ2n) is 5.40. The zero-order chi connectivity index (χ0) is 14.2. The number of aliphatic carboxylic acids is 1. The molecule has 0 saturated heterocycles. The number of carbonyl (C=O) groups is 1. The van der Waals surface area contributed by atoms with E-state index in [2.05, 4.69) is 6.92 Å². The zero-order valence-corrected chi connectivity index (χ0v) is 12.7. The van der Waals surface area contributed by atoms with Crippen LogP contribution in [-0.4, -0.2) is 5.97 Å². The molecule has 0 spiro atoms. The standard InChI is InChI=1S/C17H32O2/c1-2-3-4-5-6-7-8-9-10-11-12-13-14-15-16-17(18)19/h15-16H,2-14H2,1H3,(H,18,19)/p-1/b16-15+. The van der Waals surface area contributed by atoms with Gasteiger partial charge in [-0.1, -0.05) is 83.6 Å². The lowest BCUT2D eigenvalue weighted by Gasteiger charge is -2.02. The fraction of sp³-hybridized carbons (Fsp3) is 0.824. The van der Waals surface area contributed by atoms with Crippen molar-refractivity contribution in [2.75, 3.05) is 0 Å². The van der Waals surface area contributed by atoms with E-state index in [1.54, 1.807) is 6.08 Å². The average molecular weight is 267 g/mol. The summed E-state index contributed by atoms with van der Waals surface area (Å²) in [5, 5.41) is 10.1. The molecule has 0 saturated carbocycles. The minimum Gasteiger partial charge on any atom is -0.545 e. The van der Waals surface area contributed by atoms with Crippen molar-refractivity contribution in [2.24, 2.45) is 0 Å². The Morgan fingerprint density at radius 3 is 1.63 bits per heavy atom. The van der Waals surface area contributed by atoms with Crippen molar-refractivity contribution in [3.8, 4) is 0 Å². The molecule has 0 radical (unpaired) electrons. The zero-order valence-electron chi connectivity index (χ0n) is 12.7. The monoisotopic (exact) mass is 267 g/mol. The van der Waals surface area contributed by atoms with Gasteiger partial charge in [-0.3, -0.25) is 0 Å². The molecule has 0 N–H and O–H groups in total. The van der Waals surface area contributed by atoms with Crippen LogP contribution in [0.1, 0.15) is 90.4 Å². The van der Waals surface area contributed by atoms with Gasteiger partial charge in [0, 0.05) is 0 Å². The summed E-state index contributed by atoms with van der Waals surface area (Å²) < 4.78 is 0. The van der Waals surface area contributed by atoms with Gasteiger partial charge in [-0.25, -0.2) is 0 Å². The summed E-state index contributed by atoms with van der Waals surface area (Å²) in [6.45, 7) is 2.26. The van der Waals surface area contributed by atoms with Crippen LogP contribution in [-0.2, 0) is 4.79 Å². The third-order valence-electron chi connectivity index (χ3n) is 3.48. The van der Waals surface area contributed by atoms with Crippen LogP contribution in [0.5, 0.6) is 0 Å². The van der Waals surface area contributed by atoms with Crippen molar-refractivity contribution in [1.29, 1.82) is 0 Å². The molecule has 112 valence electrons. The first kappa shape index (κ1) is 18.2. The number of hydrogen-bond donors (Lipinski definition) is 0. The summed E-state index contributed by atoms with van der Waals surface area (Å²) in [6, 6.07) is 0. The van der Waals surface area contributed by atoms with Gasteiger partial charge in [0.1, 0.15) is 0 Å². The molecule has 0 aromatic carbocycles. The van der Waals surface area contributed by atoms with Gasteiger partial charge in [0.15, 0.2) is 0 Å². The van der Waals surface area contributed by atoms with Crippen molar-refractivity contribution in [2.45, 2.75) is 90.4 Å². The molecule has 0 rings (SSSR count). The Kier molecular flexibility index (Phi) is 14.6. The van der Waals surface area contributed by atoms with Crippen molar-refractivity contribution in [3.63, 3.8) is 0 Å². The molecule has 0 heterocycles. The van der Waals surface area contributed by atoms with Crippen LogP contribution < -0.4 is 5.11 Å². The second-order valence-corrected chi connectivity index (χ2v) is 5.40. The number of allylic oxidation sites excluding steroid dienone is 1. The minimum atomic E-state index is -1.08. The molecule has 0 aliphatic carbocycles. The molecule has 0 atom stereocenters. The molecule has 0 amide bonds. The van der Waals surface area contributed by atoms with Crippen LogP contribution in [0.15, 0.2) is 12.2 Å². The molecular weight excluding hydrogens is 236 g/mol. The predicted octanol–water partition coefficient (Wildman–Crippen LogP) is 4.38. The van der Waals surface area contributed by atoms with Gasteiger partial charge in [-0.05, 0) is 18.9 Å². The molecule has 0 unspecified atom stereocenters. The lowest BCUT2D eigenvalue weighted by molar-refractivity contribution is -0.297.